The third kappa shape index (κ3) is 3.35. The Bertz CT molecular complexity index is 606. The number of anilines is 1. The molecule has 0 fully saturated rings. The van der Waals surface area contributed by atoms with Crippen LogP contribution in [0.1, 0.15) is 5.56 Å². The van der Waals surface area contributed by atoms with Gasteiger partial charge in [0.05, 0.1) is 17.2 Å². The van der Waals surface area contributed by atoms with E-state index in [-0.39, 0.29) is 12.4 Å². The van der Waals surface area contributed by atoms with Gasteiger partial charge in [0.2, 0.25) is 5.82 Å². The fourth-order valence-electron chi connectivity index (χ4n) is 1.40. The van der Waals surface area contributed by atoms with Crippen LogP contribution in [0.2, 0.25) is 5.15 Å². The zero-order chi connectivity index (χ0) is 13.8. The van der Waals surface area contributed by atoms with Crippen LogP contribution in [0.25, 0.3) is 0 Å². The normalized spacial score (nSPS) is 10.2. The summed E-state index contributed by atoms with van der Waals surface area (Å²) >= 11 is 5.64. The van der Waals surface area contributed by atoms with Crippen molar-refractivity contribution in [2.24, 2.45) is 0 Å². The summed E-state index contributed by atoms with van der Waals surface area (Å²) in [6.45, 7) is 0.268. The predicted octanol–water partition coefficient (Wildman–Crippen LogP) is 2.79. The van der Waals surface area contributed by atoms with Gasteiger partial charge in [0.25, 0.3) is 0 Å². The van der Waals surface area contributed by atoms with Crippen molar-refractivity contribution < 1.29 is 9.31 Å². The van der Waals surface area contributed by atoms with E-state index >= 15 is 0 Å². The van der Waals surface area contributed by atoms with E-state index in [9.17, 15) is 14.5 Å². The maximum absolute atomic E-state index is 12.9. The van der Waals surface area contributed by atoms with E-state index in [4.69, 9.17) is 11.6 Å². The van der Waals surface area contributed by atoms with Crippen LogP contribution in [0.5, 0.6) is 0 Å². The molecule has 2 aromatic rings. The van der Waals surface area contributed by atoms with Gasteiger partial charge in [-0.25, -0.2) is 14.4 Å². The van der Waals surface area contributed by atoms with Crippen LogP contribution >= 0.6 is 11.6 Å². The number of nitrogens with zero attached hydrogens (tertiary/aromatic N) is 3. The zero-order valence-electron chi connectivity index (χ0n) is 9.51. The summed E-state index contributed by atoms with van der Waals surface area (Å²) in [6.07, 6.45) is 2.44. The third-order valence-corrected chi connectivity index (χ3v) is 2.50. The molecule has 0 radical (unpaired) electrons. The van der Waals surface area contributed by atoms with E-state index < -0.39 is 16.4 Å². The molecule has 0 amide bonds. The molecule has 0 bridgehead atoms. The van der Waals surface area contributed by atoms with Gasteiger partial charge in [-0.2, -0.15) is 0 Å². The van der Waals surface area contributed by atoms with Crippen molar-refractivity contribution in [3.8, 4) is 0 Å². The van der Waals surface area contributed by atoms with Gasteiger partial charge < -0.3 is 5.32 Å². The highest BCUT2D eigenvalue weighted by molar-refractivity contribution is 6.29. The maximum atomic E-state index is 12.9. The fourth-order valence-corrected chi connectivity index (χ4v) is 1.51. The summed E-state index contributed by atoms with van der Waals surface area (Å²) in [5, 5.41) is 13.9. The molecule has 0 saturated heterocycles. The van der Waals surface area contributed by atoms with Gasteiger partial charge in [-0.05, 0) is 11.6 Å². The molecule has 0 aliphatic rings. The number of aromatic nitrogens is 2. The molecular weight excluding hydrogens is 275 g/mol. The Morgan fingerprint density at radius 2 is 2.16 bits per heavy atom. The minimum atomic E-state index is -0.759. The number of halogens is 2. The quantitative estimate of drug-likeness (QED) is 0.530. The topological polar surface area (TPSA) is 81.0 Å². The van der Waals surface area contributed by atoms with E-state index in [1.165, 1.54) is 6.20 Å². The van der Waals surface area contributed by atoms with Gasteiger partial charge in [-0.1, -0.05) is 17.7 Å². The Morgan fingerprint density at radius 3 is 2.79 bits per heavy atom. The van der Waals surface area contributed by atoms with Crippen LogP contribution in [0.4, 0.5) is 15.9 Å². The summed E-state index contributed by atoms with van der Waals surface area (Å²) in [5.74, 6) is -0.758. The molecule has 2 heterocycles. The molecule has 0 atom stereocenters. The molecule has 0 spiro atoms. The van der Waals surface area contributed by atoms with Crippen molar-refractivity contribution in [2.45, 2.75) is 6.54 Å². The van der Waals surface area contributed by atoms with Crippen LogP contribution in [0, 0.1) is 15.9 Å². The van der Waals surface area contributed by atoms with Gasteiger partial charge in [0.15, 0.2) is 0 Å². The summed E-state index contributed by atoms with van der Waals surface area (Å²) < 4.78 is 12.9. The van der Waals surface area contributed by atoms with Crippen LogP contribution in [-0.4, -0.2) is 14.9 Å². The van der Waals surface area contributed by atoms with E-state index in [1.807, 2.05) is 0 Å². The molecule has 0 aromatic carbocycles. The predicted molar refractivity (Wildman–Crippen MR) is 67.4 cm³/mol. The number of nitro groups is 1. The number of hydrogen-bond donors (Lipinski definition) is 1. The van der Waals surface area contributed by atoms with Crippen molar-refractivity contribution in [3.63, 3.8) is 0 Å². The first kappa shape index (κ1) is 13.2. The molecule has 2 aromatic heterocycles. The lowest BCUT2D eigenvalue weighted by molar-refractivity contribution is -0.384. The number of pyridine rings is 2. The van der Waals surface area contributed by atoms with Gasteiger partial charge >= 0.3 is 5.69 Å². The first-order valence-electron chi connectivity index (χ1n) is 5.20. The maximum Gasteiger partial charge on any atom is 0.314 e. The second-order valence-corrected chi connectivity index (χ2v) is 4.01. The summed E-state index contributed by atoms with van der Waals surface area (Å²) in [5.41, 5.74) is 0.353. The van der Waals surface area contributed by atoms with Crippen LogP contribution in [0.3, 0.4) is 0 Å². The Balaban J connectivity index is 2.15. The highest BCUT2D eigenvalue weighted by atomic mass is 35.5. The molecule has 19 heavy (non-hydrogen) atoms. The smallest absolute Gasteiger partial charge is 0.314 e. The van der Waals surface area contributed by atoms with Gasteiger partial charge in [-0.15, -0.1) is 0 Å². The second kappa shape index (κ2) is 5.57. The lowest BCUT2D eigenvalue weighted by Gasteiger charge is -2.06. The Hall–Kier alpha value is -2.28. The monoisotopic (exact) mass is 282 g/mol. The minimum absolute atomic E-state index is 0.00125. The standard InChI is InChI=1S/C11H8ClFN4O2/c12-10-2-1-7(4-14-10)5-15-11-9(17(18)19)3-8(13)6-16-11/h1-4,6H,5H2,(H,15,16). The van der Waals surface area contributed by atoms with Gasteiger partial charge in [-0.3, -0.25) is 10.1 Å². The summed E-state index contributed by atoms with van der Waals surface area (Å²) in [7, 11) is 0. The van der Waals surface area contributed by atoms with Gasteiger partial charge in [0, 0.05) is 12.7 Å². The zero-order valence-corrected chi connectivity index (χ0v) is 10.3. The van der Waals surface area contributed by atoms with Gasteiger partial charge in [0.1, 0.15) is 11.0 Å². The Morgan fingerprint density at radius 1 is 1.37 bits per heavy atom. The second-order valence-electron chi connectivity index (χ2n) is 3.62. The van der Waals surface area contributed by atoms with Crippen molar-refractivity contribution in [1.82, 2.24) is 9.97 Å². The molecule has 6 nitrogen and oxygen atoms in total. The Kier molecular flexibility index (Phi) is 3.86. The molecule has 0 aliphatic heterocycles. The molecular formula is C11H8ClFN4O2. The van der Waals surface area contributed by atoms with Crippen LogP contribution in [0.15, 0.2) is 30.6 Å². The molecule has 0 saturated carbocycles. The van der Waals surface area contributed by atoms with Crippen molar-refractivity contribution in [1.29, 1.82) is 0 Å². The van der Waals surface area contributed by atoms with E-state index in [0.717, 1.165) is 17.8 Å². The minimum Gasteiger partial charge on any atom is -0.360 e. The SMILES string of the molecule is O=[N+]([O-])c1cc(F)cnc1NCc1ccc(Cl)nc1. The summed E-state index contributed by atoms with van der Waals surface area (Å²) in [4.78, 5) is 17.6. The molecule has 0 unspecified atom stereocenters. The number of hydrogen-bond acceptors (Lipinski definition) is 5. The highest BCUT2D eigenvalue weighted by Crippen LogP contribution is 2.22. The molecule has 8 heteroatoms. The molecule has 1 N–H and O–H groups in total. The van der Waals surface area contributed by atoms with Crippen molar-refractivity contribution >= 4 is 23.1 Å². The molecule has 98 valence electrons. The third-order valence-electron chi connectivity index (χ3n) is 2.28. The van der Waals surface area contributed by atoms with Crippen molar-refractivity contribution in [3.05, 3.63) is 57.2 Å². The van der Waals surface area contributed by atoms with E-state index in [2.05, 4.69) is 15.3 Å². The molecule has 2 rings (SSSR count). The van der Waals surface area contributed by atoms with Crippen molar-refractivity contribution in [2.75, 3.05) is 5.32 Å². The first-order chi connectivity index (χ1) is 9.06. The highest BCUT2D eigenvalue weighted by Gasteiger charge is 2.16. The van der Waals surface area contributed by atoms with Crippen LogP contribution < -0.4 is 5.32 Å². The fraction of sp³-hybridized carbons (Fsp3) is 0.0909. The van der Waals surface area contributed by atoms with E-state index in [1.54, 1.807) is 12.1 Å². The van der Waals surface area contributed by atoms with E-state index in [0.29, 0.717) is 5.15 Å². The average molecular weight is 283 g/mol. The number of nitrogens with one attached hydrogen (secondary N) is 1. The lowest BCUT2D eigenvalue weighted by Crippen LogP contribution is -2.05. The average Bonchev–Trinajstić information content (AvgIpc) is 2.39. The van der Waals surface area contributed by atoms with Crippen LogP contribution in [-0.2, 0) is 6.54 Å². The number of rotatable bonds is 4. The largest absolute Gasteiger partial charge is 0.360 e. The summed E-state index contributed by atoms with van der Waals surface area (Å²) in [6, 6.07) is 4.14. The lowest BCUT2D eigenvalue weighted by atomic mass is 10.3. The molecule has 0 aliphatic carbocycles. The Labute approximate surface area is 112 Å². The first-order valence-corrected chi connectivity index (χ1v) is 5.58.